The Hall–Kier alpha value is -1.06. The molecule has 0 saturated carbocycles. The highest BCUT2D eigenvalue weighted by molar-refractivity contribution is 5.94. The molecule has 0 radical (unpaired) electrons. The Morgan fingerprint density at radius 1 is 0.812 bits per heavy atom. The van der Waals surface area contributed by atoms with Crippen LogP contribution in [0.1, 0.15) is 27.7 Å². The van der Waals surface area contributed by atoms with Gasteiger partial charge < -0.3 is 9.47 Å². The fourth-order valence-corrected chi connectivity index (χ4v) is 1.75. The first-order chi connectivity index (χ1) is 7.51. The predicted molar refractivity (Wildman–Crippen MR) is 66.1 cm³/mol. The smallest absolute Gasteiger partial charge is 0.209 e. The summed E-state index contributed by atoms with van der Waals surface area (Å²) in [6, 6.07) is -0.0371. The third-order valence-corrected chi connectivity index (χ3v) is 2.72. The van der Waals surface area contributed by atoms with Crippen molar-refractivity contribution in [2.75, 3.05) is 14.2 Å². The molecule has 0 fully saturated rings. The Bertz CT molecular complexity index is 265. The summed E-state index contributed by atoms with van der Waals surface area (Å²) in [6.45, 7) is 8.41. The molecule has 0 aromatic rings. The molecule has 2 atom stereocenters. The van der Waals surface area contributed by atoms with Gasteiger partial charge in [-0.05, 0) is 11.8 Å². The van der Waals surface area contributed by atoms with Gasteiger partial charge in [0, 0.05) is 0 Å². The highest BCUT2D eigenvalue weighted by Crippen LogP contribution is 2.21. The maximum atomic E-state index is 5.33. The normalized spacial score (nSPS) is 25.5. The molecule has 1 rings (SSSR count). The van der Waals surface area contributed by atoms with Gasteiger partial charge in [0.2, 0.25) is 11.8 Å². The predicted octanol–water partition coefficient (Wildman–Crippen LogP) is 2.14. The Morgan fingerprint density at radius 2 is 1.12 bits per heavy atom. The average molecular weight is 226 g/mol. The second-order valence-electron chi connectivity index (χ2n) is 4.72. The first-order valence-electron chi connectivity index (χ1n) is 5.74. The largest absolute Gasteiger partial charge is 0.483 e. The molecule has 0 spiro atoms. The van der Waals surface area contributed by atoms with Crippen molar-refractivity contribution in [1.29, 1.82) is 0 Å². The van der Waals surface area contributed by atoms with Gasteiger partial charge in [0.15, 0.2) is 0 Å². The number of rotatable bonds is 2. The minimum absolute atomic E-state index is 0.0186. The van der Waals surface area contributed by atoms with Crippen LogP contribution in [0.5, 0.6) is 0 Å². The zero-order chi connectivity index (χ0) is 12.3. The molecule has 16 heavy (non-hydrogen) atoms. The number of ether oxygens (including phenoxy) is 2. The number of hydrogen-bond donors (Lipinski definition) is 0. The van der Waals surface area contributed by atoms with Gasteiger partial charge in [-0.1, -0.05) is 27.7 Å². The van der Waals surface area contributed by atoms with Crippen LogP contribution in [0.4, 0.5) is 0 Å². The summed E-state index contributed by atoms with van der Waals surface area (Å²) in [5.74, 6) is 2.15. The van der Waals surface area contributed by atoms with Crippen molar-refractivity contribution in [1.82, 2.24) is 0 Å². The molecule has 0 bridgehead atoms. The molecule has 0 aromatic heterocycles. The van der Waals surface area contributed by atoms with Crippen molar-refractivity contribution in [3.63, 3.8) is 0 Å². The summed E-state index contributed by atoms with van der Waals surface area (Å²) in [6.07, 6.45) is 0. The number of hydrogen-bond acceptors (Lipinski definition) is 4. The van der Waals surface area contributed by atoms with Gasteiger partial charge in [-0.2, -0.15) is 0 Å². The maximum absolute atomic E-state index is 5.33. The third kappa shape index (κ3) is 2.54. The molecular weight excluding hydrogens is 204 g/mol. The van der Waals surface area contributed by atoms with Gasteiger partial charge >= 0.3 is 0 Å². The quantitative estimate of drug-likeness (QED) is 0.724. The third-order valence-electron chi connectivity index (χ3n) is 2.72. The van der Waals surface area contributed by atoms with Crippen molar-refractivity contribution in [2.24, 2.45) is 21.8 Å². The number of nitrogens with zero attached hydrogens (tertiary/aromatic N) is 2. The van der Waals surface area contributed by atoms with Crippen LogP contribution in [-0.2, 0) is 9.47 Å². The van der Waals surface area contributed by atoms with E-state index in [-0.39, 0.29) is 12.1 Å². The van der Waals surface area contributed by atoms with Crippen LogP contribution >= 0.6 is 0 Å². The SMILES string of the molecule is COC1=N[C@H](C(C)C)C(OC)=N[C@H]1C(C)C. The summed E-state index contributed by atoms with van der Waals surface area (Å²) >= 11 is 0. The van der Waals surface area contributed by atoms with E-state index in [9.17, 15) is 0 Å². The van der Waals surface area contributed by atoms with E-state index >= 15 is 0 Å². The lowest BCUT2D eigenvalue weighted by Crippen LogP contribution is -2.39. The van der Waals surface area contributed by atoms with Gasteiger partial charge in [-0.15, -0.1) is 0 Å². The van der Waals surface area contributed by atoms with Crippen LogP contribution < -0.4 is 0 Å². The van der Waals surface area contributed by atoms with Crippen molar-refractivity contribution in [3.05, 3.63) is 0 Å². The van der Waals surface area contributed by atoms with Crippen LogP contribution in [0, 0.1) is 11.8 Å². The van der Waals surface area contributed by atoms with Crippen LogP contribution in [0.3, 0.4) is 0 Å². The van der Waals surface area contributed by atoms with Gasteiger partial charge in [0.1, 0.15) is 12.1 Å². The second kappa shape index (κ2) is 5.32. The van der Waals surface area contributed by atoms with Crippen LogP contribution in [0.15, 0.2) is 9.98 Å². The lowest BCUT2D eigenvalue weighted by molar-refractivity contribution is 0.321. The summed E-state index contributed by atoms with van der Waals surface area (Å²) < 4.78 is 10.7. The molecule has 0 aliphatic carbocycles. The Balaban J connectivity index is 3.01. The van der Waals surface area contributed by atoms with Crippen LogP contribution in [-0.4, -0.2) is 38.1 Å². The van der Waals surface area contributed by atoms with Crippen molar-refractivity contribution in [3.8, 4) is 0 Å². The minimum Gasteiger partial charge on any atom is -0.483 e. The van der Waals surface area contributed by atoms with Gasteiger partial charge in [-0.3, -0.25) is 0 Å². The summed E-state index contributed by atoms with van der Waals surface area (Å²) in [5.41, 5.74) is 0. The van der Waals surface area contributed by atoms with Crippen molar-refractivity contribution >= 4 is 11.8 Å². The highest BCUT2D eigenvalue weighted by Gasteiger charge is 2.32. The van der Waals surface area contributed by atoms with Crippen LogP contribution in [0.2, 0.25) is 0 Å². The molecule has 0 unspecified atom stereocenters. The molecule has 4 nitrogen and oxygen atoms in total. The van der Waals surface area contributed by atoms with Crippen LogP contribution in [0.25, 0.3) is 0 Å². The first-order valence-corrected chi connectivity index (χ1v) is 5.74. The maximum Gasteiger partial charge on any atom is 0.209 e. The first kappa shape index (κ1) is 13.0. The lowest BCUT2D eigenvalue weighted by atomic mass is 9.99. The lowest BCUT2D eigenvalue weighted by Gasteiger charge is -2.28. The minimum atomic E-state index is -0.0186. The van der Waals surface area contributed by atoms with E-state index in [2.05, 4.69) is 37.7 Å². The number of methoxy groups -OCH3 is 2. The number of aliphatic imine (C=N–C) groups is 2. The van der Waals surface area contributed by atoms with E-state index in [0.717, 1.165) is 11.8 Å². The molecule has 0 N–H and O–H groups in total. The fourth-order valence-electron chi connectivity index (χ4n) is 1.75. The van der Waals surface area contributed by atoms with E-state index in [4.69, 9.17) is 9.47 Å². The monoisotopic (exact) mass is 226 g/mol. The Kier molecular flexibility index (Phi) is 4.33. The summed E-state index contributed by atoms with van der Waals surface area (Å²) in [5, 5.41) is 0. The van der Waals surface area contributed by atoms with E-state index in [1.165, 1.54) is 0 Å². The Labute approximate surface area is 97.8 Å². The molecule has 0 aromatic carbocycles. The van der Waals surface area contributed by atoms with E-state index in [1.54, 1.807) is 14.2 Å². The zero-order valence-corrected chi connectivity index (χ0v) is 11.0. The standard InChI is InChI=1S/C12H22N2O2/c1-7(2)9-11(15-5)14-10(8(3)4)12(13-9)16-6/h7-10H,1-6H3/t9-,10+. The van der Waals surface area contributed by atoms with E-state index in [1.807, 2.05) is 0 Å². The van der Waals surface area contributed by atoms with Gasteiger partial charge in [-0.25, -0.2) is 9.98 Å². The van der Waals surface area contributed by atoms with E-state index < -0.39 is 0 Å². The van der Waals surface area contributed by atoms with Gasteiger partial charge in [0.05, 0.1) is 14.2 Å². The van der Waals surface area contributed by atoms with Gasteiger partial charge in [0.25, 0.3) is 0 Å². The molecule has 0 saturated heterocycles. The molecule has 92 valence electrons. The van der Waals surface area contributed by atoms with E-state index in [0.29, 0.717) is 11.8 Å². The fraction of sp³-hybridized carbons (Fsp3) is 0.833. The average Bonchev–Trinajstić information content (AvgIpc) is 2.26. The van der Waals surface area contributed by atoms with Crippen molar-refractivity contribution < 1.29 is 9.47 Å². The molecule has 0 amide bonds. The molecular formula is C12H22N2O2. The summed E-state index contributed by atoms with van der Waals surface area (Å²) in [4.78, 5) is 9.19. The Morgan fingerprint density at radius 3 is 1.31 bits per heavy atom. The topological polar surface area (TPSA) is 43.2 Å². The summed E-state index contributed by atoms with van der Waals surface area (Å²) in [7, 11) is 3.30. The second-order valence-corrected chi connectivity index (χ2v) is 4.72. The molecule has 1 aliphatic heterocycles. The van der Waals surface area contributed by atoms with Crippen molar-refractivity contribution in [2.45, 2.75) is 39.8 Å². The molecule has 4 heteroatoms. The molecule has 1 aliphatic rings. The zero-order valence-electron chi connectivity index (χ0n) is 11.0. The highest BCUT2D eigenvalue weighted by atomic mass is 16.5. The molecule has 1 heterocycles.